The van der Waals surface area contributed by atoms with E-state index in [1.54, 1.807) is 29.7 Å². The van der Waals surface area contributed by atoms with E-state index < -0.39 is 0 Å². The van der Waals surface area contributed by atoms with Gasteiger partial charge in [0.2, 0.25) is 0 Å². The number of rotatable bonds is 9. The van der Waals surface area contributed by atoms with Gasteiger partial charge < -0.3 is 14.8 Å². The van der Waals surface area contributed by atoms with Crippen LogP contribution in [0.1, 0.15) is 51.7 Å². The maximum Gasteiger partial charge on any atom is 0.259 e. The number of carbonyl (C=O) groups is 1. The van der Waals surface area contributed by atoms with Crippen LogP contribution in [0.25, 0.3) is 0 Å². The van der Waals surface area contributed by atoms with Gasteiger partial charge in [0.1, 0.15) is 11.6 Å². The third-order valence-corrected chi connectivity index (χ3v) is 8.97. The molecule has 5 rings (SSSR count). The number of nitrogens with zero attached hydrogens (tertiary/aromatic N) is 1. The van der Waals surface area contributed by atoms with Crippen molar-refractivity contribution in [1.82, 2.24) is 0 Å². The zero-order chi connectivity index (χ0) is 28.1. The lowest BCUT2D eigenvalue weighted by molar-refractivity contribution is 0.102. The van der Waals surface area contributed by atoms with Crippen LogP contribution in [0.5, 0.6) is 11.5 Å². The van der Waals surface area contributed by atoms with E-state index in [1.165, 1.54) is 4.88 Å². The van der Waals surface area contributed by atoms with Gasteiger partial charge >= 0.3 is 0 Å². The highest BCUT2D eigenvalue weighted by Crippen LogP contribution is 2.41. The maximum absolute atomic E-state index is 13.4. The predicted molar refractivity (Wildman–Crippen MR) is 169 cm³/mol. The molecule has 3 aromatic carbocycles. The Hall–Kier alpha value is -2.84. The van der Waals surface area contributed by atoms with Gasteiger partial charge in [-0.15, -0.1) is 11.3 Å². The fourth-order valence-corrected chi connectivity index (χ4v) is 6.70. The molecular weight excluding hydrogens is 631 g/mol. The van der Waals surface area contributed by atoms with Gasteiger partial charge in [-0.3, -0.25) is 4.79 Å². The van der Waals surface area contributed by atoms with Crippen LogP contribution >= 0.6 is 50.5 Å². The number of anilines is 1. The van der Waals surface area contributed by atoms with E-state index in [0.29, 0.717) is 45.3 Å². The van der Waals surface area contributed by atoms with E-state index in [2.05, 4.69) is 21.2 Å². The smallest absolute Gasteiger partial charge is 0.259 e. The maximum atomic E-state index is 13.4. The Bertz CT molecular complexity index is 1560. The van der Waals surface area contributed by atoms with Crippen LogP contribution in [0, 0.1) is 0 Å². The second kappa shape index (κ2) is 13.2. The Labute approximate surface area is 256 Å². The van der Waals surface area contributed by atoms with Crippen molar-refractivity contribution < 1.29 is 14.3 Å². The largest absolute Gasteiger partial charge is 0.490 e. The molecule has 0 saturated heterocycles. The van der Waals surface area contributed by atoms with Crippen molar-refractivity contribution in [2.45, 2.75) is 39.2 Å². The summed E-state index contributed by atoms with van der Waals surface area (Å²) in [5, 5.41) is 4.74. The first kappa shape index (κ1) is 28.7. The standard InChI is InChI=1S/C31H27BrCl2N2O3S/c1-2-38-26-16-20(14-23(32)29(26)39-18-19-12-13-24(33)25(34)15-19)17-35-31-28(22-10-6-7-11-27(22)40-31)30(37)36-21-8-4-3-5-9-21/h3-5,8-9,12-17H,2,6-7,10-11,18H2,1H3,(H,36,37). The van der Waals surface area contributed by atoms with E-state index in [4.69, 9.17) is 37.7 Å². The van der Waals surface area contributed by atoms with Gasteiger partial charge in [0.05, 0.1) is 26.7 Å². The Morgan fingerprint density at radius 2 is 1.85 bits per heavy atom. The number of benzene rings is 3. The van der Waals surface area contributed by atoms with E-state index >= 15 is 0 Å². The highest BCUT2D eigenvalue weighted by molar-refractivity contribution is 9.10. The number of aryl methyl sites for hydroxylation is 1. The first-order valence-electron chi connectivity index (χ1n) is 13.0. The number of halogens is 3. The van der Waals surface area contributed by atoms with Crippen molar-refractivity contribution in [3.05, 3.63) is 102 Å². The Morgan fingerprint density at radius 3 is 2.62 bits per heavy atom. The second-order valence-electron chi connectivity index (χ2n) is 9.27. The topological polar surface area (TPSA) is 59.9 Å². The average molecular weight is 658 g/mol. The van der Waals surface area contributed by atoms with E-state index in [1.807, 2.05) is 55.5 Å². The molecule has 206 valence electrons. The molecule has 1 heterocycles. The lowest BCUT2D eigenvalue weighted by Crippen LogP contribution is -2.14. The molecule has 0 bridgehead atoms. The van der Waals surface area contributed by atoms with Crippen molar-refractivity contribution in [3.63, 3.8) is 0 Å². The third kappa shape index (κ3) is 6.72. The molecule has 0 saturated carbocycles. The number of thiophene rings is 1. The molecule has 0 aliphatic heterocycles. The quantitative estimate of drug-likeness (QED) is 0.182. The molecule has 4 aromatic rings. The molecule has 1 aliphatic carbocycles. The first-order valence-corrected chi connectivity index (χ1v) is 15.4. The number of para-hydroxylation sites is 1. The van der Waals surface area contributed by atoms with Gasteiger partial charge in [-0.2, -0.15) is 0 Å². The van der Waals surface area contributed by atoms with Crippen LogP contribution in [0.15, 0.2) is 70.1 Å². The number of carbonyl (C=O) groups excluding carboxylic acids is 1. The van der Waals surface area contributed by atoms with Gasteiger partial charge in [-0.1, -0.05) is 47.5 Å². The number of fused-ring (bicyclic) bond motifs is 1. The summed E-state index contributed by atoms with van der Waals surface area (Å²) in [6, 6.07) is 18.7. The molecular formula is C31H27BrCl2N2O3S. The minimum Gasteiger partial charge on any atom is -0.490 e. The lowest BCUT2D eigenvalue weighted by atomic mass is 9.95. The van der Waals surface area contributed by atoms with Crippen molar-refractivity contribution in [2.24, 2.45) is 4.99 Å². The Morgan fingerprint density at radius 1 is 1.05 bits per heavy atom. The number of ether oxygens (including phenoxy) is 2. The summed E-state index contributed by atoms with van der Waals surface area (Å²) in [5.41, 5.74) is 4.26. The second-order valence-corrected chi connectivity index (χ2v) is 12.0. The number of hydrogen-bond donors (Lipinski definition) is 1. The Balaban J connectivity index is 1.42. The number of amides is 1. The minimum atomic E-state index is -0.125. The van der Waals surface area contributed by atoms with E-state index in [9.17, 15) is 4.79 Å². The van der Waals surface area contributed by atoms with Crippen LogP contribution in [0.2, 0.25) is 10.0 Å². The van der Waals surface area contributed by atoms with Crippen molar-refractivity contribution in [1.29, 1.82) is 0 Å². The van der Waals surface area contributed by atoms with E-state index in [0.717, 1.165) is 52.5 Å². The van der Waals surface area contributed by atoms with E-state index in [-0.39, 0.29) is 5.91 Å². The summed E-state index contributed by atoms with van der Waals surface area (Å²) in [4.78, 5) is 19.5. The highest BCUT2D eigenvalue weighted by Gasteiger charge is 2.25. The van der Waals surface area contributed by atoms with Crippen LogP contribution in [0.4, 0.5) is 10.7 Å². The van der Waals surface area contributed by atoms with Crippen LogP contribution in [0.3, 0.4) is 0 Å². The number of hydrogen-bond acceptors (Lipinski definition) is 5. The average Bonchev–Trinajstić information content (AvgIpc) is 3.32. The normalized spacial score (nSPS) is 12.8. The SMILES string of the molecule is CCOc1cc(C=Nc2sc3c(c2C(=O)Nc2ccccc2)CCCC3)cc(Br)c1OCc1ccc(Cl)c(Cl)c1. The fraction of sp³-hybridized carbons (Fsp3) is 0.226. The monoisotopic (exact) mass is 656 g/mol. The van der Waals surface area contributed by atoms with Gasteiger partial charge in [0.25, 0.3) is 5.91 Å². The summed E-state index contributed by atoms with van der Waals surface area (Å²) in [6.07, 6.45) is 5.85. The van der Waals surface area contributed by atoms with Gasteiger partial charge in [0, 0.05) is 16.8 Å². The molecule has 0 spiro atoms. The minimum absolute atomic E-state index is 0.125. The fourth-order valence-electron chi connectivity index (χ4n) is 4.58. The Kier molecular flexibility index (Phi) is 9.48. The molecule has 1 aliphatic rings. The van der Waals surface area contributed by atoms with Crippen LogP contribution in [-0.2, 0) is 19.4 Å². The lowest BCUT2D eigenvalue weighted by Gasteiger charge is -2.15. The molecule has 40 heavy (non-hydrogen) atoms. The van der Waals surface area contributed by atoms with Crippen LogP contribution in [-0.4, -0.2) is 18.7 Å². The summed E-state index contributed by atoms with van der Waals surface area (Å²) in [6.45, 7) is 2.69. The van der Waals surface area contributed by atoms with Crippen molar-refractivity contribution >= 4 is 73.3 Å². The van der Waals surface area contributed by atoms with Gasteiger partial charge in [0.15, 0.2) is 11.5 Å². The zero-order valence-corrected chi connectivity index (χ0v) is 25.7. The molecule has 1 aromatic heterocycles. The summed E-state index contributed by atoms with van der Waals surface area (Å²) < 4.78 is 12.8. The summed E-state index contributed by atoms with van der Waals surface area (Å²) in [7, 11) is 0. The molecule has 0 unspecified atom stereocenters. The molecule has 0 radical (unpaired) electrons. The van der Waals surface area contributed by atoms with Crippen LogP contribution < -0.4 is 14.8 Å². The van der Waals surface area contributed by atoms with Crippen molar-refractivity contribution in [3.8, 4) is 11.5 Å². The third-order valence-electron chi connectivity index (χ3n) is 6.44. The predicted octanol–water partition coefficient (Wildman–Crippen LogP) is 9.68. The zero-order valence-electron chi connectivity index (χ0n) is 21.8. The highest BCUT2D eigenvalue weighted by atomic mass is 79.9. The molecule has 5 nitrogen and oxygen atoms in total. The molecule has 9 heteroatoms. The molecule has 1 amide bonds. The number of nitrogens with one attached hydrogen (secondary N) is 1. The summed E-state index contributed by atoms with van der Waals surface area (Å²) in [5.74, 6) is 1.05. The van der Waals surface area contributed by atoms with Gasteiger partial charge in [-0.05, 0) is 102 Å². The number of aliphatic imine (C=N–C) groups is 1. The van der Waals surface area contributed by atoms with Crippen molar-refractivity contribution in [2.75, 3.05) is 11.9 Å². The molecule has 0 fully saturated rings. The summed E-state index contributed by atoms with van der Waals surface area (Å²) >= 11 is 17.4. The molecule has 1 N–H and O–H groups in total. The molecule has 0 atom stereocenters. The van der Waals surface area contributed by atoms with Gasteiger partial charge in [-0.25, -0.2) is 4.99 Å². The first-order chi connectivity index (χ1) is 19.4.